The molecule has 3 aliphatic rings. The quantitative estimate of drug-likeness (QED) is 0.167. The maximum Gasteiger partial charge on any atom is 0.410 e. The van der Waals surface area contributed by atoms with Crippen molar-refractivity contribution in [2.45, 2.75) is 121 Å². The van der Waals surface area contributed by atoms with E-state index < -0.39 is 36.0 Å². The van der Waals surface area contributed by atoms with E-state index >= 15 is 0 Å². The Kier molecular flexibility index (Phi) is 14.2. The van der Waals surface area contributed by atoms with Crippen LogP contribution in [0.15, 0.2) is 48.2 Å². The molecule has 0 radical (unpaired) electrons. The van der Waals surface area contributed by atoms with E-state index in [1.165, 1.54) is 38.5 Å². The van der Waals surface area contributed by atoms with Crippen LogP contribution >= 0.6 is 0 Å². The van der Waals surface area contributed by atoms with Crippen molar-refractivity contribution in [2.24, 2.45) is 5.92 Å². The molecule has 2 fully saturated rings. The highest BCUT2D eigenvalue weighted by Crippen LogP contribution is 2.28. The van der Waals surface area contributed by atoms with Gasteiger partial charge in [-0.05, 0) is 57.2 Å². The molecule has 11 heteroatoms. The van der Waals surface area contributed by atoms with Gasteiger partial charge in [0.05, 0.1) is 18.2 Å². The lowest BCUT2D eigenvalue weighted by molar-refractivity contribution is -0.151. The Bertz CT molecular complexity index is 1310. The second-order valence-corrected chi connectivity index (χ2v) is 14.6. The first-order valence-electron chi connectivity index (χ1n) is 18.2. The lowest BCUT2D eigenvalue weighted by Gasteiger charge is -2.40. The maximum absolute atomic E-state index is 13.5. The van der Waals surface area contributed by atoms with Crippen molar-refractivity contribution < 1.29 is 29.3 Å². The Morgan fingerprint density at radius 3 is 2.49 bits per heavy atom. The minimum atomic E-state index is -1.45. The molecule has 1 aromatic rings. The van der Waals surface area contributed by atoms with Gasteiger partial charge in [0, 0.05) is 64.3 Å². The number of carbonyl (C=O) groups excluding carboxylic acids is 2. The Hall–Kier alpha value is -3.28. The second-order valence-electron chi connectivity index (χ2n) is 14.6. The summed E-state index contributed by atoms with van der Waals surface area (Å²) in [5, 5.41) is 22.2. The van der Waals surface area contributed by atoms with Crippen molar-refractivity contribution in [3.63, 3.8) is 0 Å². The zero-order valence-corrected chi connectivity index (χ0v) is 30.5. The van der Waals surface area contributed by atoms with Gasteiger partial charge in [-0.3, -0.25) is 9.69 Å². The summed E-state index contributed by atoms with van der Waals surface area (Å²) in [7, 11) is 3.80. The smallest absolute Gasteiger partial charge is 0.410 e. The van der Waals surface area contributed by atoms with Gasteiger partial charge >= 0.3 is 12.1 Å². The summed E-state index contributed by atoms with van der Waals surface area (Å²) in [6.07, 6.45) is 15.9. The molecule has 272 valence electrons. The molecular weight excluding hydrogens is 622 g/mol. The van der Waals surface area contributed by atoms with Crippen molar-refractivity contribution in [1.82, 2.24) is 19.8 Å². The fraction of sp³-hybridized carbons (Fsp3) is 0.684. The van der Waals surface area contributed by atoms with Gasteiger partial charge in [0.2, 0.25) is 5.95 Å². The highest BCUT2D eigenvalue weighted by Gasteiger charge is 2.37. The predicted molar refractivity (Wildman–Crippen MR) is 191 cm³/mol. The number of aliphatic hydroxyl groups is 2. The number of allylic oxidation sites excluding steroid dienone is 3. The Balaban J connectivity index is 1.46. The average molecular weight is 682 g/mol. The standard InChI is InChI=1S/C38H59N5O6/c1-27(32-19-21-39-36(40-32)41(5)6)12-11-13-28(2)35-29(3)16-17-33(38(4,47)20-18-31(44)26-34(45)49-35)48-37(46)43-24-22-42(23-25-43)30-14-9-7-8-10-15-30/h11-13,16-17,19,21,27,29-31,33,35,44,47H,7-10,14-15,18,20,22-26H2,1-6H3/b12-11+,17-16-,28-13+/t27?,29-,31-,33-,35+,38-/m0/s1. The first-order chi connectivity index (χ1) is 23.3. The number of cyclic esters (lactones) is 1. The van der Waals surface area contributed by atoms with E-state index in [9.17, 15) is 19.8 Å². The largest absolute Gasteiger partial charge is 0.457 e. The molecule has 0 aromatic carbocycles. The Morgan fingerprint density at radius 1 is 1.12 bits per heavy atom. The molecule has 1 saturated heterocycles. The lowest BCUT2D eigenvalue weighted by Crippen LogP contribution is -2.53. The van der Waals surface area contributed by atoms with Crippen molar-refractivity contribution in [3.8, 4) is 0 Å². The molecule has 49 heavy (non-hydrogen) atoms. The number of nitrogens with zero attached hydrogens (tertiary/aromatic N) is 5. The first-order valence-corrected chi connectivity index (χ1v) is 18.2. The summed E-state index contributed by atoms with van der Waals surface area (Å²) >= 11 is 0. The molecule has 6 atom stereocenters. The fourth-order valence-electron chi connectivity index (χ4n) is 6.92. The topological polar surface area (TPSA) is 129 Å². The normalized spacial score (nSPS) is 30.1. The van der Waals surface area contributed by atoms with Crippen LogP contribution in [0.4, 0.5) is 10.7 Å². The maximum atomic E-state index is 13.5. The van der Waals surface area contributed by atoms with E-state index in [4.69, 9.17) is 9.47 Å². The zero-order chi connectivity index (χ0) is 35.6. The number of aromatic nitrogens is 2. The number of hydrogen-bond donors (Lipinski definition) is 2. The van der Waals surface area contributed by atoms with E-state index in [1.54, 1.807) is 24.1 Å². The third kappa shape index (κ3) is 11.4. The number of amides is 1. The van der Waals surface area contributed by atoms with Crippen LogP contribution in [0.25, 0.3) is 0 Å². The van der Waals surface area contributed by atoms with Crippen molar-refractivity contribution in [2.75, 3.05) is 45.2 Å². The number of ether oxygens (including phenoxy) is 2. The molecule has 2 N–H and O–H groups in total. The molecule has 11 nitrogen and oxygen atoms in total. The van der Waals surface area contributed by atoms with Gasteiger partial charge in [0.25, 0.3) is 0 Å². The third-order valence-electron chi connectivity index (χ3n) is 10.2. The van der Waals surface area contributed by atoms with Gasteiger partial charge < -0.3 is 29.5 Å². The molecule has 2 aliphatic heterocycles. The van der Waals surface area contributed by atoms with Gasteiger partial charge in [0.1, 0.15) is 11.7 Å². The summed E-state index contributed by atoms with van der Waals surface area (Å²) in [4.78, 5) is 41.4. The predicted octanol–water partition coefficient (Wildman–Crippen LogP) is 5.39. The number of carbonyl (C=O) groups is 2. The van der Waals surface area contributed by atoms with E-state index in [-0.39, 0.29) is 31.1 Å². The molecule has 1 aromatic heterocycles. The van der Waals surface area contributed by atoms with Gasteiger partial charge in [0.15, 0.2) is 6.10 Å². The highest BCUT2D eigenvalue weighted by molar-refractivity contribution is 5.70. The van der Waals surface area contributed by atoms with Crippen LogP contribution in [-0.4, -0.2) is 112 Å². The summed E-state index contributed by atoms with van der Waals surface area (Å²) in [6.45, 7) is 10.3. The molecular formula is C38H59N5O6. The van der Waals surface area contributed by atoms with Gasteiger partial charge in [-0.1, -0.05) is 63.8 Å². The second kappa shape index (κ2) is 18.1. The molecule has 3 heterocycles. The average Bonchev–Trinajstić information content (AvgIpc) is 3.37. The SMILES string of the molecule is C/C(=C\C=C\C(C)c1ccnc(N(C)C)n1)[C@H]1OC(=O)C[C@@H](O)CC[C@](C)(O)[C@@H](OC(=O)N2CCN(C3CCCCCC3)CC2)/C=C\[C@@H]1C. The van der Waals surface area contributed by atoms with E-state index in [0.717, 1.165) is 24.4 Å². The Labute approximate surface area is 293 Å². The summed E-state index contributed by atoms with van der Waals surface area (Å²) in [6, 6.07) is 2.49. The summed E-state index contributed by atoms with van der Waals surface area (Å²) in [5.74, 6) is -0.157. The number of aliphatic hydroxyl groups excluding tert-OH is 1. The minimum absolute atomic E-state index is 0.0227. The molecule has 4 rings (SSSR count). The summed E-state index contributed by atoms with van der Waals surface area (Å²) < 4.78 is 11.9. The minimum Gasteiger partial charge on any atom is -0.457 e. The first kappa shape index (κ1) is 38.5. The molecule has 0 bridgehead atoms. The van der Waals surface area contributed by atoms with Gasteiger partial charge in [-0.15, -0.1) is 0 Å². The zero-order valence-electron chi connectivity index (χ0n) is 30.5. The van der Waals surface area contributed by atoms with Crippen LogP contribution in [-0.2, 0) is 14.3 Å². The van der Waals surface area contributed by atoms with Crippen LogP contribution in [0, 0.1) is 5.92 Å². The fourth-order valence-corrected chi connectivity index (χ4v) is 6.92. The van der Waals surface area contributed by atoms with Crippen molar-refractivity contribution in [3.05, 3.63) is 53.9 Å². The number of rotatable bonds is 7. The molecule has 1 unspecified atom stereocenters. The van der Waals surface area contributed by atoms with Crippen LogP contribution in [0.5, 0.6) is 0 Å². The van der Waals surface area contributed by atoms with E-state index in [0.29, 0.717) is 25.1 Å². The number of esters is 1. The van der Waals surface area contributed by atoms with Crippen LogP contribution in [0.3, 0.4) is 0 Å². The monoisotopic (exact) mass is 681 g/mol. The van der Waals surface area contributed by atoms with E-state index in [2.05, 4.69) is 21.8 Å². The number of anilines is 1. The van der Waals surface area contributed by atoms with Crippen molar-refractivity contribution in [1.29, 1.82) is 0 Å². The highest BCUT2D eigenvalue weighted by atomic mass is 16.6. The van der Waals surface area contributed by atoms with Gasteiger partial charge in [-0.2, -0.15) is 0 Å². The Morgan fingerprint density at radius 2 is 1.82 bits per heavy atom. The molecule has 1 aliphatic carbocycles. The number of piperazine rings is 1. The lowest BCUT2D eigenvalue weighted by atomic mass is 9.88. The molecule has 1 saturated carbocycles. The number of hydrogen-bond acceptors (Lipinski definition) is 10. The van der Waals surface area contributed by atoms with Crippen LogP contribution < -0.4 is 4.90 Å². The molecule has 0 spiro atoms. The van der Waals surface area contributed by atoms with Crippen molar-refractivity contribution >= 4 is 18.0 Å². The van der Waals surface area contributed by atoms with E-state index in [1.807, 2.05) is 63.2 Å². The van der Waals surface area contributed by atoms with Crippen LogP contribution in [0.1, 0.15) is 97.1 Å². The summed E-state index contributed by atoms with van der Waals surface area (Å²) in [5.41, 5.74) is 0.243. The molecule has 1 amide bonds. The van der Waals surface area contributed by atoms with Gasteiger partial charge in [-0.25, -0.2) is 14.8 Å². The third-order valence-corrected chi connectivity index (χ3v) is 10.2. The van der Waals surface area contributed by atoms with Crippen LogP contribution in [0.2, 0.25) is 0 Å².